The van der Waals surface area contributed by atoms with E-state index in [-0.39, 0.29) is 27.2 Å². The van der Waals surface area contributed by atoms with E-state index in [1.54, 1.807) is 56.9 Å². The molecule has 2 aromatic carbocycles. The minimum atomic E-state index is 0.0257. The van der Waals surface area contributed by atoms with Crippen molar-refractivity contribution in [1.29, 1.82) is 0 Å². The smallest absolute Gasteiger partial charge is 0.188 e. The van der Waals surface area contributed by atoms with Gasteiger partial charge in [-0.1, -0.05) is 6.42 Å². The summed E-state index contributed by atoms with van der Waals surface area (Å²) in [5.74, 6) is 3.89. The first kappa shape index (κ1) is 36.8. The number of unbranched alkanes of at least 4 members (excludes halogenated alkanes) is 2. The fourth-order valence-corrected chi connectivity index (χ4v) is 5.70. The molecule has 0 fully saturated rings. The Morgan fingerprint density at radius 3 is 0.953 bits per heavy atom. The second kappa shape index (κ2) is 19.8. The number of rotatable bonds is 22. The second-order valence-electron chi connectivity index (χ2n) is 8.80. The summed E-state index contributed by atoms with van der Waals surface area (Å²) in [5.41, 5.74) is 1.57. The number of hydrogen-bond acceptors (Lipinski definition) is 12. The Labute approximate surface area is 270 Å². The molecule has 0 saturated carbocycles. The second-order valence-corrected chi connectivity index (χ2v) is 10.4. The van der Waals surface area contributed by atoms with Crippen LogP contribution in [-0.2, 0) is 31.8 Å². The zero-order valence-corrected chi connectivity index (χ0v) is 29.2. The maximum Gasteiger partial charge on any atom is 0.188 e. The molecule has 244 valence electrons. The molecular formula is C29H42Br2O12. The van der Waals surface area contributed by atoms with Gasteiger partial charge in [-0.3, -0.25) is 0 Å². The monoisotopic (exact) mass is 740 g/mol. The molecule has 14 heteroatoms. The first-order chi connectivity index (χ1) is 20.9. The average Bonchev–Trinajstić information content (AvgIpc) is 3.01. The number of ether oxygens (including phenoxy) is 12. The van der Waals surface area contributed by atoms with Gasteiger partial charge in [-0.15, -0.1) is 0 Å². The number of benzene rings is 2. The molecule has 0 unspecified atom stereocenters. The van der Waals surface area contributed by atoms with Gasteiger partial charge in [-0.25, -0.2) is 0 Å². The Hall–Kier alpha value is -2.36. The summed E-state index contributed by atoms with van der Waals surface area (Å²) in [6.07, 6.45) is 3.60. The molecule has 2 rings (SSSR count). The van der Waals surface area contributed by atoms with Crippen LogP contribution in [0.4, 0.5) is 0 Å². The fraction of sp³-hybridized carbons (Fsp3) is 0.586. The summed E-state index contributed by atoms with van der Waals surface area (Å²) in [7, 11) is 12.5. The molecule has 0 heterocycles. The van der Waals surface area contributed by atoms with E-state index < -0.39 is 0 Å². The van der Waals surface area contributed by atoms with Crippen molar-refractivity contribution in [2.45, 2.75) is 32.1 Å². The lowest BCUT2D eigenvalue weighted by atomic mass is 10.00. The molecule has 2 aromatic rings. The quantitative estimate of drug-likeness (QED) is 0.102. The Morgan fingerprint density at radius 1 is 0.372 bits per heavy atom. The van der Waals surface area contributed by atoms with E-state index >= 15 is 0 Å². The van der Waals surface area contributed by atoms with Gasteiger partial charge in [-0.2, -0.15) is 0 Å². The van der Waals surface area contributed by atoms with Crippen LogP contribution >= 0.6 is 31.9 Å². The van der Waals surface area contributed by atoms with E-state index in [2.05, 4.69) is 31.9 Å². The van der Waals surface area contributed by atoms with E-state index in [0.29, 0.717) is 67.8 Å². The predicted molar refractivity (Wildman–Crippen MR) is 166 cm³/mol. The highest BCUT2D eigenvalue weighted by Crippen LogP contribution is 2.53. The van der Waals surface area contributed by atoms with Gasteiger partial charge in [0.2, 0.25) is 0 Å². The van der Waals surface area contributed by atoms with E-state index in [1.165, 1.54) is 0 Å². The van der Waals surface area contributed by atoms with Gasteiger partial charge < -0.3 is 56.8 Å². The maximum absolute atomic E-state index is 5.95. The summed E-state index contributed by atoms with van der Waals surface area (Å²) >= 11 is 7.13. The number of hydrogen-bond donors (Lipinski definition) is 0. The summed E-state index contributed by atoms with van der Waals surface area (Å²) in [5, 5.41) is 0. The normalized spacial score (nSPS) is 10.8. The van der Waals surface area contributed by atoms with Gasteiger partial charge >= 0.3 is 0 Å². The Bertz CT molecular complexity index is 1060. The van der Waals surface area contributed by atoms with Crippen LogP contribution in [0.15, 0.2) is 8.95 Å². The van der Waals surface area contributed by atoms with E-state index in [4.69, 9.17) is 56.8 Å². The Balaban J connectivity index is 2.39. The van der Waals surface area contributed by atoms with Crippen molar-refractivity contribution in [2.24, 2.45) is 0 Å². The Kier molecular flexibility index (Phi) is 17.0. The third kappa shape index (κ3) is 9.32. The number of halogens is 2. The molecule has 0 amide bonds. The van der Waals surface area contributed by atoms with Gasteiger partial charge in [0.05, 0.1) is 28.4 Å². The molecule has 0 atom stereocenters. The van der Waals surface area contributed by atoms with Crippen molar-refractivity contribution in [2.75, 3.05) is 84.1 Å². The molecule has 0 aromatic heterocycles. The topological polar surface area (TPSA) is 111 Å². The molecular weight excluding hydrogens is 700 g/mol. The van der Waals surface area contributed by atoms with Crippen LogP contribution in [0.25, 0.3) is 0 Å². The first-order valence-corrected chi connectivity index (χ1v) is 14.9. The van der Waals surface area contributed by atoms with Gasteiger partial charge in [0.1, 0.15) is 8.95 Å². The lowest BCUT2D eigenvalue weighted by molar-refractivity contribution is 0.0438. The highest BCUT2D eigenvalue weighted by Gasteiger charge is 2.29. The van der Waals surface area contributed by atoms with Gasteiger partial charge in [0, 0.05) is 39.6 Å². The van der Waals surface area contributed by atoms with Crippen molar-refractivity contribution in [3.05, 3.63) is 20.1 Å². The molecule has 0 spiro atoms. The SMILES string of the molecule is COCOc1c(Br)c(OC)c(OCOC)c(CCCCCc2c(OC)c(OCOC)c(Br)c(OC)c2OCOC)c1OC. The molecule has 0 aliphatic rings. The van der Waals surface area contributed by atoms with E-state index in [9.17, 15) is 0 Å². The minimum Gasteiger partial charge on any atom is -0.492 e. The molecule has 0 saturated heterocycles. The minimum absolute atomic E-state index is 0.0257. The first-order valence-electron chi connectivity index (χ1n) is 13.3. The average molecular weight is 742 g/mol. The van der Waals surface area contributed by atoms with Gasteiger partial charge in [0.25, 0.3) is 0 Å². The zero-order valence-electron chi connectivity index (χ0n) is 26.0. The summed E-state index contributed by atoms with van der Waals surface area (Å²) in [6.45, 7) is 0.107. The van der Waals surface area contributed by atoms with Crippen LogP contribution in [0.2, 0.25) is 0 Å². The van der Waals surface area contributed by atoms with Gasteiger partial charge in [-0.05, 0) is 57.5 Å². The van der Waals surface area contributed by atoms with E-state index in [1.807, 2.05) is 0 Å². The van der Waals surface area contributed by atoms with Crippen molar-refractivity contribution < 1.29 is 56.8 Å². The van der Waals surface area contributed by atoms with Gasteiger partial charge in [0.15, 0.2) is 73.2 Å². The van der Waals surface area contributed by atoms with Crippen molar-refractivity contribution in [1.82, 2.24) is 0 Å². The highest BCUT2D eigenvalue weighted by molar-refractivity contribution is 9.11. The molecule has 12 nitrogen and oxygen atoms in total. The van der Waals surface area contributed by atoms with Crippen LogP contribution in [-0.4, -0.2) is 84.1 Å². The van der Waals surface area contributed by atoms with Crippen LogP contribution in [0, 0.1) is 0 Å². The molecule has 0 aliphatic carbocycles. The molecule has 0 N–H and O–H groups in total. The third-order valence-corrected chi connectivity index (χ3v) is 7.61. The van der Waals surface area contributed by atoms with Crippen molar-refractivity contribution in [3.8, 4) is 46.0 Å². The third-order valence-electron chi connectivity index (χ3n) is 6.17. The lowest BCUT2D eigenvalue weighted by Gasteiger charge is -2.23. The fourth-order valence-electron chi connectivity index (χ4n) is 4.42. The zero-order chi connectivity index (χ0) is 31.8. The Morgan fingerprint density at radius 2 is 0.674 bits per heavy atom. The maximum atomic E-state index is 5.95. The molecule has 0 bridgehead atoms. The summed E-state index contributed by atoms with van der Waals surface area (Å²) < 4.78 is 68.2. The largest absolute Gasteiger partial charge is 0.492 e. The lowest BCUT2D eigenvalue weighted by Crippen LogP contribution is -2.10. The summed E-state index contributed by atoms with van der Waals surface area (Å²) in [4.78, 5) is 0. The van der Waals surface area contributed by atoms with Crippen molar-refractivity contribution >= 4 is 31.9 Å². The molecule has 43 heavy (non-hydrogen) atoms. The summed E-state index contributed by atoms with van der Waals surface area (Å²) in [6, 6.07) is 0. The van der Waals surface area contributed by atoms with E-state index in [0.717, 1.165) is 30.4 Å². The highest BCUT2D eigenvalue weighted by atomic mass is 79.9. The van der Waals surface area contributed by atoms with Crippen molar-refractivity contribution in [3.63, 3.8) is 0 Å². The predicted octanol–water partition coefficient (Wildman–Crippen LogP) is 6.13. The molecule has 0 aliphatic heterocycles. The van der Waals surface area contributed by atoms with Crippen LogP contribution in [0.1, 0.15) is 30.4 Å². The van der Waals surface area contributed by atoms with Crippen LogP contribution in [0.3, 0.4) is 0 Å². The number of methoxy groups -OCH3 is 8. The van der Waals surface area contributed by atoms with Crippen LogP contribution in [0.5, 0.6) is 46.0 Å². The molecule has 0 radical (unpaired) electrons. The van der Waals surface area contributed by atoms with Crippen LogP contribution < -0.4 is 37.9 Å². The standard InChI is InChI=1S/C29H42Br2O12/c1-32-14-40-24-18(22(36-5)28(42-16-34-3)20(30)26(24)38-7)12-10-9-11-13-19-23(37-6)29(43-17-35-4)21(31)27(39-8)25(19)41-15-33-2/h9-17H2,1-8H3.